The minimum atomic E-state index is 0.622. The van der Waals surface area contributed by atoms with Crippen LogP contribution in [0.25, 0.3) is 11.0 Å². The summed E-state index contributed by atoms with van der Waals surface area (Å²) in [5.41, 5.74) is 3.36. The molecule has 2 rings (SSSR count). The first-order valence-corrected chi connectivity index (χ1v) is 5.80. The van der Waals surface area contributed by atoms with Crippen LogP contribution >= 0.6 is 11.8 Å². The molecule has 6 nitrogen and oxygen atoms in total. The number of hydrogen-bond donors (Lipinski definition) is 2. The lowest BCUT2D eigenvalue weighted by molar-refractivity contribution is 0.782. The normalized spacial score (nSPS) is 10.9. The highest BCUT2D eigenvalue weighted by atomic mass is 32.2. The van der Waals surface area contributed by atoms with Gasteiger partial charge in [0, 0.05) is 7.05 Å². The van der Waals surface area contributed by atoms with Gasteiger partial charge in [0.05, 0.1) is 17.3 Å². The van der Waals surface area contributed by atoms with Crippen LogP contribution in [-0.4, -0.2) is 26.0 Å². The molecule has 0 unspecified atom stereocenters. The molecule has 0 fully saturated rings. The maximum absolute atomic E-state index is 5.41. The van der Waals surface area contributed by atoms with Crippen molar-refractivity contribution in [2.24, 2.45) is 12.9 Å². The van der Waals surface area contributed by atoms with E-state index in [0.717, 1.165) is 22.6 Å². The highest BCUT2D eigenvalue weighted by molar-refractivity contribution is 7.97. The number of nitrogens with two attached hydrogens (primary N) is 1. The number of nitrogens with zero attached hydrogens (tertiary/aromatic N) is 4. The predicted octanol–water partition coefficient (Wildman–Crippen LogP) is 0.512. The second-order valence-corrected chi connectivity index (χ2v) is 3.94. The monoisotopic (exact) mass is 224 g/mol. The summed E-state index contributed by atoms with van der Waals surface area (Å²) in [4.78, 5) is 8.71. The molecule has 2 aromatic rings. The van der Waals surface area contributed by atoms with Crippen LogP contribution in [0.2, 0.25) is 0 Å². The summed E-state index contributed by atoms with van der Waals surface area (Å²) in [7, 11) is 1.85. The van der Waals surface area contributed by atoms with Crippen molar-refractivity contribution in [1.29, 1.82) is 0 Å². The molecule has 0 aliphatic carbocycles. The van der Waals surface area contributed by atoms with Gasteiger partial charge < -0.3 is 5.43 Å². The first-order valence-electron chi connectivity index (χ1n) is 4.40. The average Bonchev–Trinajstić information content (AvgIpc) is 2.60. The van der Waals surface area contributed by atoms with Crippen molar-refractivity contribution in [1.82, 2.24) is 19.7 Å². The van der Waals surface area contributed by atoms with E-state index in [9.17, 15) is 0 Å². The van der Waals surface area contributed by atoms with Crippen molar-refractivity contribution in [3.05, 3.63) is 12.0 Å². The second-order valence-electron chi connectivity index (χ2n) is 3.07. The Morgan fingerprint density at radius 1 is 1.53 bits per heavy atom. The van der Waals surface area contributed by atoms with E-state index in [1.807, 2.05) is 13.3 Å². The van der Waals surface area contributed by atoms with Gasteiger partial charge in [-0.15, -0.1) is 0 Å². The van der Waals surface area contributed by atoms with Crippen LogP contribution in [-0.2, 0) is 12.8 Å². The molecule has 0 saturated carbocycles. The van der Waals surface area contributed by atoms with Gasteiger partial charge in [0.2, 0.25) is 0 Å². The van der Waals surface area contributed by atoms with Crippen molar-refractivity contribution < 1.29 is 0 Å². The number of anilines is 1. The molecular formula is C8H12N6S. The third-order valence-corrected chi connectivity index (χ3v) is 2.60. The molecule has 15 heavy (non-hydrogen) atoms. The van der Waals surface area contributed by atoms with E-state index in [1.165, 1.54) is 0 Å². The van der Waals surface area contributed by atoms with Gasteiger partial charge in [0.1, 0.15) is 5.82 Å². The maximum atomic E-state index is 5.41. The number of hydrazine groups is 1. The van der Waals surface area contributed by atoms with E-state index in [-0.39, 0.29) is 0 Å². The zero-order valence-electron chi connectivity index (χ0n) is 8.56. The third kappa shape index (κ3) is 1.75. The molecule has 0 radical (unpaired) electrons. The van der Waals surface area contributed by atoms with Gasteiger partial charge in [0.25, 0.3) is 0 Å². The van der Waals surface area contributed by atoms with E-state index in [0.29, 0.717) is 5.82 Å². The van der Waals surface area contributed by atoms with E-state index in [1.54, 1.807) is 22.6 Å². The van der Waals surface area contributed by atoms with Crippen LogP contribution in [0.1, 0.15) is 5.82 Å². The molecule has 0 spiro atoms. The van der Waals surface area contributed by atoms with E-state index in [4.69, 9.17) is 5.84 Å². The van der Waals surface area contributed by atoms with E-state index < -0.39 is 0 Å². The fourth-order valence-corrected chi connectivity index (χ4v) is 1.76. The predicted molar refractivity (Wildman–Crippen MR) is 61.3 cm³/mol. The number of hydrogen-bond acceptors (Lipinski definition) is 6. The number of fused-ring (bicyclic) bond motifs is 1. The van der Waals surface area contributed by atoms with Gasteiger partial charge in [-0.05, 0) is 6.26 Å². The van der Waals surface area contributed by atoms with Crippen LogP contribution < -0.4 is 11.3 Å². The maximum Gasteiger partial charge on any atom is 0.163 e. The minimum Gasteiger partial charge on any atom is -0.308 e. The molecule has 7 heteroatoms. The zero-order chi connectivity index (χ0) is 10.8. The Hall–Kier alpha value is -1.34. The molecule has 0 amide bonds. The van der Waals surface area contributed by atoms with Gasteiger partial charge in [0.15, 0.2) is 11.5 Å². The molecule has 80 valence electrons. The van der Waals surface area contributed by atoms with Crippen LogP contribution in [0, 0.1) is 0 Å². The molecule has 2 heterocycles. The van der Waals surface area contributed by atoms with Crippen molar-refractivity contribution in [3.8, 4) is 0 Å². The second kappa shape index (κ2) is 4.03. The smallest absolute Gasteiger partial charge is 0.163 e. The molecular weight excluding hydrogens is 212 g/mol. The van der Waals surface area contributed by atoms with Crippen LogP contribution in [0.4, 0.5) is 5.82 Å². The first kappa shape index (κ1) is 10.2. The Morgan fingerprint density at radius 3 is 3.00 bits per heavy atom. The van der Waals surface area contributed by atoms with Crippen molar-refractivity contribution in [2.75, 3.05) is 11.7 Å². The Kier molecular flexibility index (Phi) is 2.74. The number of nitrogen functional groups attached to an aromatic ring is 1. The number of aromatic nitrogens is 4. The molecule has 0 aliphatic rings. The lowest BCUT2D eigenvalue weighted by atomic mass is 10.4. The fourth-order valence-electron chi connectivity index (χ4n) is 1.37. The molecule has 3 N–H and O–H groups in total. The average molecular weight is 224 g/mol. The van der Waals surface area contributed by atoms with Gasteiger partial charge in [-0.1, -0.05) is 0 Å². The summed E-state index contributed by atoms with van der Waals surface area (Å²) in [5, 5.41) is 4.96. The van der Waals surface area contributed by atoms with Gasteiger partial charge in [-0.3, -0.25) is 4.68 Å². The Morgan fingerprint density at radius 2 is 2.33 bits per heavy atom. The summed E-state index contributed by atoms with van der Waals surface area (Å²) < 4.78 is 1.71. The highest BCUT2D eigenvalue weighted by Crippen LogP contribution is 2.19. The standard InChI is InChI=1S/C8H12N6S/c1-14-8-5(3-10-14)7(13-9)11-6(12-8)4-15-2/h3H,4,9H2,1-2H3,(H,11,12,13). The molecule has 0 atom stereocenters. The molecule has 0 saturated heterocycles. The van der Waals surface area contributed by atoms with Crippen molar-refractivity contribution in [3.63, 3.8) is 0 Å². The summed E-state index contributed by atoms with van der Waals surface area (Å²) in [6.45, 7) is 0. The fraction of sp³-hybridized carbons (Fsp3) is 0.375. The summed E-state index contributed by atoms with van der Waals surface area (Å²) in [6.07, 6.45) is 3.71. The lowest BCUT2D eigenvalue weighted by Crippen LogP contribution is -2.11. The molecule has 0 aliphatic heterocycles. The number of aryl methyl sites for hydroxylation is 1. The highest BCUT2D eigenvalue weighted by Gasteiger charge is 2.09. The van der Waals surface area contributed by atoms with E-state index in [2.05, 4.69) is 20.5 Å². The number of thioether (sulfide) groups is 1. The largest absolute Gasteiger partial charge is 0.308 e. The SMILES string of the molecule is CSCc1nc(NN)c2cnn(C)c2n1. The summed E-state index contributed by atoms with van der Waals surface area (Å²) >= 11 is 1.67. The summed E-state index contributed by atoms with van der Waals surface area (Å²) in [6, 6.07) is 0. The number of rotatable bonds is 3. The van der Waals surface area contributed by atoms with Gasteiger partial charge >= 0.3 is 0 Å². The van der Waals surface area contributed by atoms with Crippen molar-refractivity contribution in [2.45, 2.75) is 5.75 Å². The molecule has 2 aromatic heterocycles. The van der Waals surface area contributed by atoms with Crippen LogP contribution in [0.5, 0.6) is 0 Å². The minimum absolute atomic E-state index is 0.622. The van der Waals surface area contributed by atoms with Crippen LogP contribution in [0.15, 0.2) is 6.20 Å². The van der Waals surface area contributed by atoms with Gasteiger partial charge in [-0.25, -0.2) is 15.8 Å². The zero-order valence-corrected chi connectivity index (χ0v) is 9.38. The first-order chi connectivity index (χ1) is 7.26. The summed E-state index contributed by atoms with van der Waals surface area (Å²) in [5.74, 6) is 7.54. The Balaban J connectivity index is 2.62. The Labute approximate surface area is 91.2 Å². The quantitative estimate of drug-likeness (QED) is 0.584. The molecule has 0 bridgehead atoms. The topological polar surface area (TPSA) is 81.6 Å². The molecule has 0 aromatic carbocycles. The third-order valence-electron chi connectivity index (χ3n) is 2.05. The number of nitrogens with one attached hydrogen (secondary N) is 1. The van der Waals surface area contributed by atoms with Crippen LogP contribution in [0.3, 0.4) is 0 Å². The van der Waals surface area contributed by atoms with Crippen molar-refractivity contribution >= 4 is 28.6 Å². The Bertz CT molecular complexity index is 479. The van der Waals surface area contributed by atoms with Gasteiger partial charge in [-0.2, -0.15) is 16.9 Å². The van der Waals surface area contributed by atoms with E-state index >= 15 is 0 Å². The lowest BCUT2D eigenvalue weighted by Gasteiger charge is -2.04.